The Hall–Kier alpha value is -2.97. The highest BCUT2D eigenvalue weighted by molar-refractivity contribution is 5.72. The van der Waals surface area contributed by atoms with Crippen molar-refractivity contribution in [2.45, 2.75) is 225 Å². The Morgan fingerprint density at radius 2 is 0.887 bits per heavy atom. The number of ether oxygens (including phenoxy) is 3. The molecule has 1 N–H and O–H groups in total. The third kappa shape index (κ3) is 42.3. The van der Waals surface area contributed by atoms with E-state index in [9.17, 15) is 19.5 Å². The quantitative estimate of drug-likeness (QED) is 0.0282. The van der Waals surface area contributed by atoms with Crippen molar-refractivity contribution >= 4 is 17.9 Å². The van der Waals surface area contributed by atoms with Crippen LogP contribution >= 0.6 is 0 Å². The van der Waals surface area contributed by atoms with Crippen molar-refractivity contribution in [3.63, 3.8) is 0 Å². The van der Waals surface area contributed by atoms with Crippen molar-refractivity contribution in [3.05, 3.63) is 60.8 Å². The summed E-state index contributed by atoms with van der Waals surface area (Å²) < 4.78 is 17.2. The van der Waals surface area contributed by atoms with E-state index in [1.54, 1.807) is 6.08 Å². The molecule has 2 atom stereocenters. The minimum Gasteiger partial charge on any atom is -0.477 e. The molecule has 0 aliphatic heterocycles. The fourth-order valence-electron chi connectivity index (χ4n) is 7.35. The summed E-state index contributed by atoms with van der Waals surface area (Å²) in [5.41, 5.74) is 0. The molecule has 0 bridgehead atoms. The molecule has 0 radical (unpaired) electrons. The fourth-order valence-corrected chi connectivity index (χ4v) is 7.35. The van der Waals surface area contributed by atoms with E-state index < -0.39 is 24.1 Å². The number of nitrogens with zero attached hydrogens (tertiary/aromatic N) is 1. The second kappa shape index (κ2) is 44.6. The standard InChI is InChI=1S/C54H95NO7/c1-6-8-10-12-14-16-18-20-22-23-24-25-26-27-28-29-31-32-34-36-38-40-42-44-52(56)61-49-50(48-60-47-46-51(54(58)59)55(3,4)5)62-53(57)45-43-41-39-37-35-33-30-21-19-17-15-13-11-9-7-2/h9,11,15,17,21,30,35,37,41,43,50-51H,6-8,10,12-14,16,18-20,22-29,31-34,36,38-40,42,44-49H2,1-5H3/p+1/b11-9-,17-15-,30-21-,37-35-,43-41-. The van der Waals surface area contributed by atoms with Crippen LogP contribution in [-0.4, -0.2) is 80.6 Å². The van der Waals surface area contributed by atoms with Crippen LogP contribution in [0, 0.1) is 0 Å². The summed E-state index contributed by atoms with van der Waals surface area (Å²) in [7, 11) is 5.50. The van der Waals surface area contributed by atoms with Crippen LogP contribution in [0.2, 0.25) is 0 Å². The van der Waals surface area contributed by atoms with Gasteiger partial charge < -0.3 is 23.8 Å². The Morgan fingerprint density at radius 3 is 1.27 bits per heavy atom. The van der Waals surface area contributed by atoms with Gasteiger partial charge >= 0.3 is 17.9 Å². The predicted octanol–water partition coefficient (Wildman–Crippen LogP) is 14.5. The van der Waals surface area contributed by atoms with Gasteiger partial charge in [0.05, 0.1) is 40.8 Å². The highest BCUT2D eigenvalue weighted by Crippen LogP contribution is 2.16. The van der Waals surface area contributed by atoms with Crippen LogP contribution in [0.15, 0.2) is 60.8 Å². The van der Waals surface area contributed by atoms with Gasteiger partial charge in [-0.1, -0.05) is 216 Å². The summed E-state index contributed by atoms with van der Waals surface area (Å²) in [5.74, 6) is -1.62. The molecule has 0 spiro atoms. The Bertz CT molecular complexity index is 1200. The van der Waals surface area contributed by atoms with E-state index >= 15 is 0 Å². The number of likely N-dealkylation sites (N-methyl/N-ethyl adjacent to an activating group) is 1. The first-order chi connectivity index (χ1) is 30.1. The van der Waals surface area contributed by atoms with Crippen LogP contribution in [0.4, 0.5) is 0 Å². The number of quaternary nitrogens is 1. The summed E-state index contributed by atoms with van der Waals surface area (Å²) in [5, 5.41) is 9.64. The molecule has 0 aliphatic rings. The number of rotatable bonds is 45. The first-order valence-corrected chi connectivity index (χ1v) is 25.3. The third-order valence-corrected chi connectivity index (χ3v) is 11.2. The maximum absolute atomic E-state index is 12.7. The third-order valence-electron chi connectivity index (χ3n) is 11.2. The van der Waals surface area contributed by atoms with Gasteiger partial charge in [-0.25, -0.2) is 4.79 Å². The molecule has 0 aliphatic carbocycles. The highest BCUT2D eigenvalue weighted by atomic mass is 16.6. The van der Waals surface area contributed by atoms with E-state index in [1.807, 2.05) is 27.2 Å². The van der Waals surface area contributed by atoms with Crippen LogP contribution in [0.3, 0.4) is 0 Å². The molecule has 0 aromatic heterocycles. The van der Waals surface area contributed by atoms with Gasteiger partial charge in [0.15, 0.2) is 12.1 Å². The summed E-state index contributed by atoms with van der Waals surface area (Å²) in [6.07, 6.45) is 56.0. The van der Waals surface area contributed by atoms with Gasteiger partial charge in [0.1, 0.15) is 6.61 Å². The topological polar surface area (TPSA) is 99.1 Å². The van der Waals surface area contributed by atoms with Crippen molar-refractivity contribution in [1.29, 1.82) is 0 Å². The van der Waals surface area contributed by atoms with Gasteiger partial charge in [0, 0.05) is 12.8 Å². The zero-order valence-corrected chi connectivity index (χ0v) is 40.8. The van der Waals surface area contributed by atoms with Crippen LogP contribution in [0.25, 0.3) is 0 Å². The maximum atomic E-state index is 12.7. The summed E-state index contributed by atoms with van der Waals surface area (Å²) in [4.78, 5) is 37.0. The number of allylic oxidation sites excluding steroid dienone is 9. The van der Waals surface area contributed by atoms with Crippen LogP contribution in [-0.2, 0) is 28.6 Å². The summed E-state index contributed by atoms with van der Waals surface area (Å²) in [6, 6.07) is -0.632. The lowest BCUT2D eigenvalue weighted by molar-refractivity contribution is -0.887. The number of carboxylic acids is 1. The van der Waals surface area contributed by atoms with Crippen molar-refractivity contribution in [2.75, 3.05) is 41.0 Å². The highest BCUT2D eigenvalue weighted by Gasteiger charge is 2.31. The summed E-state index contributed by atoms with van der Waals surface area (Å²) in [6.45, 7) is 4.54. The number of aliphatic carboxylic acids is 1. The largest absolute Gasteiger partial charge is 0.477 e. The maximum Gasteiger partial charge on any atom is 0.362 e. The smallest absolute Gasteiger partial charge is 0.362 e. The molecule has 0 saturated heterocycles. The normalized spacial score (nSPS) is 13.4. The second-order valence-corrected chi connectivity index (χ2v) is 18.1. The van der Waals surface area contributed by atoms with Gasteiger partial charge in [-0.3, -0.25) is 9.59 Å². The zero-order chi connectivity index (χ0) is 45.6. The molecule has 0 amide bonds. The molecule has 0 aromatic rings. The molecular weight excluding hydrogens is 775 g/mol. The van der Waals surface area contributed by atoms with E-state index in [2.05, 4.69) is 62.5 Å². The number of hydrogen-bond acceptors (Lipinski definition) is 6. The molecule has 0 heterocycles. The molecule has 8 heteroatoms. The molecule has 8 nitrogen and oxygen atoms in total. The van der Waals surface area contributed by atoms with Gasteiger partial charge in [-0.2, -0.15) is 0 Å². The van der Waals surface area contributed by atoms with E-state index in [1.165, 1.54) is 128 Å². The molecule has 62 heavy (non-hydrogen) atoms. The number of carbonyl (C=O) groups excluding carboxylic acids is 2. The first-order valence-electron chi connectivity index (χ1n) is 25.3. The molecule has 0 fully saturated rings. The number of unbranched alkanes of at least 4 members (excludes halogenated alkanes) is 22. The molecule has 0 aromatic carbocycles. The van der Waals surface area contributed by atoms with E-state index in [-0.39, 0.29) is 36.7 Å². The molecule has 2 unspecified atom stereocenters. The van der Waals surface area contributed by atoms with Gasteiger partial charge in [-0.15, -0.1) is 0 Å². The minimum absolute atomic E-state index is 0.0214. The van der Waals surface area contributed by atoms with Crippen molar-refractivity contribution in [2.24, 2.45) is 0 Å². The SMILES string of the molecule is CC/C=C\C/C=C\C/C=C\C/C=C\C/C=C\CC(=O)OC(COCCC(C(=O)O)[N+](C)(C)C)COC(=O)CCCCCCCCCCCCCCCCCCCCCCCCC. The molecule has 358 valence electrons. The lowest BCUT2D eigenvalue weighted by atomic mass is 10.0. The van der Waals surface area contributed by atoms with E-state index in [0.29, 0.717) is 19.3 Å². The average molecular weight is 871 g/mol. The van der Waals surface area contributed by atoms with E-state index in [4.69, 9.17) is 14.2 Å². The monoisotopic (exact) mass is 871 g/mol. The fraction of sp³-hybridized carbons (Fsp3) is 0.759. The van der Waals surface area contributed by atoms with Crippen LogP contribution in [0.5, 0.6) is 0 Å². The zero-order valence-electron chi connectivity index (χ0n) is 40.8. The van der Waals surface area contributed by atoms with Gasteiger partial charge in [0.2, 0.25) is 0 Å². The Kier molecular flexibility index (Phi) is 42.5. The lowest BCUT2D eigenvalue weighted by Gasteiger charge is -2.31. The predicted molar refractivity (Wildman–Crippen MR) is 261 cm³/mol. The second-order valence-electron chi connectivity index (χ2n) is 18.1. The van der Waals surface area contributed by atoms with Gasteiger partial charge in [0.25, 0.3) is 0 Å². The first kappa shape index (κ1) is 59.0. The van der Waals surface area contributed by atoms with E-state index in [0.717, 1.165) is 44.9 Å². The molecular formula is C54H96NO7+. The Balaban J connectivity index is 4.26. The average Bonchev–Trinajstić information content (AvgIpc) is 3.23. The number of carboxylic acid groups (broad SMARTS) is 1. The Morgan fingerprint density at radius 1 is 0.500 bits per heavy atom. The van der Waals surface area contributed by atoms with Crippen molar-refractivity contribution in [1.82, 2.24) is 0 Å². The molecule has 0 rings (SSSR count). The number of carbonyl (C=O) groups is 3. The molecule has 0 saturated carbocycles. The number of hydrogen-bond donors (Lipinski definition) is 1. The van der Waals surface area contributed by atoms with Crippen molar-refractivity contribution < 1.29 is 38.2 Å². The summed E-state index contributed by atoms with van der Waals surface area (Å²) >= 11 is 0. The lowest BCUT2D eigenvalue weighted by Crippen LogP contribution is -2.50. The Labute approximate surface area is 381 Å². The number of esters is 2. The van der Waals surface area contributed by atoms with Crippen LogP contribution in [0.1, 0.15) is 213 Å². The van der Waals surface area contributed by atoms with Gasteiger partial charge in [-0.05, 0) is 38.5 Å². The minimum atomic E-state index is -0.888. The van der Waals surface area contributed by atoms with Crippen LogP contribution < -0.4 is 0 Å². The van der Waals surface area contributed by atoms with Crippen molar-refractivity contribution in [3.8, 4) is 0 Å².